The standard InChI is InChI=1S/C14H8Br2N4O2S2/c15-8-4-7(5-9(16)12(8)21)17-14(23)18-13(22)6-1-2-10-11(3-6)20-24-19-10/h1-5,21H,(H2,17,18,22,23). The average Bonchev–Trinajstić information content (AvgIpc) is 2.99. The van der Waals surface area contributed by atoms with Gasteiger partial charge in [-0.3, -0.25) is 10.1 Å². The number of carbonyl (C=O) groups is 1. The van der Waals surface area contributed by atoms with Crippen molar-refractivity contribution in [1.82, 2.24) is 14.1 Å². The van der Waals surface area contributed by atoms with Gasteiger partial charge < -0.3 is 10.4 Å². The van der Waals surface area contributed by atoms with E-state index in [0.717, 1.165) is 17.2 Å². The maximum absolute atomic E-state index is 12.3. The van der Waals surface area contributed by atoms with Crippen LogP contribution in [-0.4, -0.2) is 24.9 Å². The van der Waals surface area contributed by atoms with E-state index in [1.165, 1.54) is 0 Å². The summed E-state index contributed by atoms with van der Waals surface area (Å²) in [5.74, 6) is -0.264. The van der Waals surface area contributed by atoms with Crippen molar-refractivity contribution in [3.05, 3.63) is 44.8 Å². The van der Waals surface area contributed by atoms with E-state index in [1.807, 2.05) is 0 Å². The zero-order valence-corrected chi connectivity index (χ0v) is 16.5. The fraction of sp³-hybridized carbons (Fsp3) is 0. The lowest BCUT2D eigenvalue weighted by molar-refractivity contribution is 0.0978. The summed E-state index contributed by atoms with van der Waals surface area (Å²) in [5, 5.41) is 15.3. The number of aromatic nitrogens is 2. The van der Waals surface area contributed by atoms with Gasteiger partial charge in [-0.1, -0.05) is 0 Å². The van der Waals surface area contributed by atoms with Gasteiger partial charge in [0.2, 0.25) is 0 Å². The zero-order valence-electron chi connectivity index (χ0n) is 11.7. The summed E-state index contributed by atoms with van der Waals surface area (Å²) < 4.78 is 9.19. The minimum absolute atomic E-state index is 0.0840. The minimum atomic E-state index is -0.348. The zero-order chi connectivity index (χ0) is 17.3. The number of aromatic hydroxyl groups is 1. The van der Waals surface area contributed by atoms with Crippen molar-refractivity contribution in [2.24, 2.45) is 0 Å². The molecule has 1 heterocycles. The molecule has 0 saturated heterocycles. The van der Waals surface area contributed by atoms with E-state index in [4.69, 9.17) is 12.2 Å². The van der Waals surface area contributed by atoms with Crippen LogP contribution in [0, 0.1) is 0 Å². The van der Waals surface area contributed by atoms with Crippen molar-refractivity contribution in [1.29, 1.82) is 0 Å². The molecule has 2 aromatic carbocycles. The molecule has 6 nitrogen and oxygen atoms in total. The third-order valence-corrected chi connectivity index (χ3v) is 4.99. The maximum Gasteiger partial charge on any atom is 0.257 e. The number of nitrogens with one attached hydrogen (secondary N) is 2. The largest absolute Gasteiger partial charge is 0.506 e. The fourth-order valence-corrected chi connectivity index (χ4v) is 3.81. The Bertz CT molecular complexity index is 938. The Kier molecular flexibility index (Phi) is 5.09. The first-order valence-corrected chi connectivity index (χ1v) is 9.19. The van der Waals surface area contributed by atoms with Crippen LogP contribution in [-0.2, 0) is 0 Å². The van der Waals surface area contributed by atoms with Gasteiger partial charge in [0, 0.05) is 11.3 Å². The van der Waals surface area contributed by atoms with Crippen molar-refractivity contribution >= 4 is 83.5 Å². The number of carbonyl (C=O) groups excluding carboxylic acids is 1. The molecule has 0 aliphatic rings. The number of thiocarbonyl (C=S) groups is 1. The first-order chi connectivity index (χ1) is 11.4. The fourth-order valence-electron chi connectivity index (χ4n) is 1.90. The first kappa shape index (κ1) is 17.2. The van der Waals surface area contributed by atoms with Gasteiger partial charge in [-0.05, 0) is 74.4 Å². The lowest BCUT2D eigenvalue weighted by atomic mass is 10.2. The summed E-state index contributed by atoms with van der Waals surface area (Å²) >= 11 is 12.7. The first-order valence-electron chi connectivity index (χ1n) is 6.46. The molecule has 0 aliphatic heterocycles. The Labute approximate surface area is 162 Å². The molecule has 1 aromatic heterocycles. The quantitative estimate of drug-likeness (QED) is 0.373. The van der Waals surface area contributed by atoms with E-state index in [2.05, 4.69) is 51.2 Å². The average molecular weight is 488 g/mol. The molecule has 3 aromatic rings. The van der Waals surface area contributed by atoms with E-state index in [0.29, 0.717) is 25.7 Å². The predicted octanol–water partition coefficient (Wildman–Crippen LogP) is 4.05. The molecule has 10 heteroatoms. The Morgan fingerprint density at radius 1 is 1.12 bits per heavy atom. The summed E-state index contributed by atoms with van der Waals surface area (Å²) in [6.45, 7) is 0. The summed E-state index contributed by atoms with van der Waals surface area (Å²) in [4.78, 5) is 12.3. The third kappa shape index (κ3) is 3.72. The van der Waals surface area contributed by atoms with Gasteiger partial charge in [0.15, 0.2) is 5.11 Å². The van der Waals surface area contributed by atoms with Crippen LogP contribution in [0.1, 0.15) is 10.4 Å². The topological polar surface area (TPSA) is 87.1 Å². The van der Waals surface area contributed by atoms with E-state index < -0.39 is 0 Å². The highest BCUT2D eigenvalue weighted by atomic mass is 79.9. The predicted molar refractivity (Wildman–Crippen MR) is 105 cm³/mol. The molecular weight excluding hydrogens is 480 g/mol. The van der Waals surface area contributed by atoms with Gasteiger partial charge in [-0.25, -0.2) is 0 Å². The highest BCUT2D eigenvalue weighted by Crippen LogP contribution is 2.35. The molecular formula is C14H8Br2N4O2S2. The SMILES string of the molecule is O=C(NC(=S)Nc1cc(Br)c(O)c(Br)c1)c1ccc2nsnc2c1. The number of rotatable bonds is 2. The van der Waals surface area contributed by atoms with Crippen LogP contribution in [0.15, 0.2) is 39.3 Å². The van der Waals surface area contributed by atoms with Crippen LogP contribution in [0.4, 0.5) is 5.69 Å². The highest BCUT2D eigenvalue weighted by Gasteiger charge is 2.11. The number of fused-ring (bicyclic) bond motifs is 1. The lowest BCUT2D eigenvalue weighted by Gasteiger charge is -2.11. The molecule has 0 bridgehead atoms. The molecule has 24 heavy (non-hydrogen) atoms. The summed E-state index contributed by atoms with van der Waals surface area (Å²) in [6.07, 6.45) is 0. The highest BCUT2D eigenvalue weighted by molar-refractivity contribution is 9.11. The Balaban J connectivity index is 1.71. The van der Waals surface area contributed by atoms with Crippen LogP contribution >= 0.6 is 55.8 Å². The molecule has 1 amide bonds. The van der Waals surface area contributed by atoms with Gasteiger partial charge in [0.05, 0.1) is 20.7 Å². The molecule has 0 spiro atoms. The summed E-state index contributed by atoms with van der Waals surface area (Å²) in [6, 6.07) is 8.34. The van der Waals surface area contributed by atoms with Gasteiger partial charge >= 0.3 is 0 Å². The van der Waals surface area contributed by atoms with Crippen LogP contribution in [0.3, 0.4) is 0 Å². The number of benzene rings is 2. The second kappa shape index (κ2) is 7.09. The Morgan fingerprint density at radius 2 is 1.79 bits per heavy atom. The molecule has 0 aliphatic carbocycles. The summed E-state index contributed by atoms with van der Waals surface area (Å²) in [5.41, 5.74) is 2.46. The van der Waals surface area contributed by atoms with Crippen LogP contribution in [0.2, 0.25) is 0 Å². The molecule has 3 N–H and O–H groups in total. The number of hydrogen-bond acceptors (Lipinski definition) is 6. The monoisotopic (exact) mass is 486 g/mol. The molecule has 0 radical (unpaired) electrons. The van der Waals surface area contributed by atoms with Crippen molar-refractivity contribution in [2.75, 3.05) is 5.32 Å². The number of nitrogens with zero attached hydrogens (tertiary/aromatic N) is 2. The number of amides is 1. The molecule has 122 valence electrons. The number of phenolic OH excluding ortho intramolecular Hbond substituents is 1. The van der Waals surface area contributed by atoms with E-state index >= 15 is 0 Å². The summed E-state index contributed by atoms with van der Waals surface area (Å²) in [7, 11) is 0. The van der Waals surface area contributed by atoms with Crippen LogP contribution in [0.5, 0.6) is 5.75 Å². The van der Waals surface area contributed by atoms with Crippen molar-refractivity contribution in [3.63, 3.8) is 0 Å². The van der Waals surface area contributed by atoms with Gasteiger partial charge in [0.25, 0.3) is 5.91 Å². The van der Waals surface area contributed by atoms with E-state index in [9.17, 15) is 9.90 Å². The Morgan fingerprint density at radius 3 is 2.50 bits per heavy atom. The number of anilines is 1. The molecule has 0 fully saturated rings. The molecule has 0 saturated carbocycles. The number of hydrogen-bond donors (Lipinski definition) is 3. The lowest BCUT2D eigenvalue weighted by Crippen LogP contribution is -2.34. The maximum atomic E-state index is 12.3. The molecule has 0 atom stereocenters. The van der Waals surface area contributed by atoms with Gasteiger partial charge in [-0.15, -0.1) is 0 Å². The Hall–Kier alpha value is -1.62. The van der Waals surface area contributed by atoms with E-state index in [1.54, 1.807) is 30.3 Å². The minimum Gasteiger partial charge on any atom is -0.506 e. The van der Waals surface area contributed by atoms with Crippen molar-refractivity contribution < 1.29 is 9.90 Å². The van der Waals surface area contributed by atoms with Gasteiger partial charge in [0.1, 0.15) is 16.8 Å². The third-order valence-electron chi connectivity index (χ3n) is 3.02. The number of halogens is 2. The van der Waals surface area contributed by atoms with Crippen LogP contribution < -0.4 is 10.6 Å². The smallest absolute Gasteiger partial charge is 0.257 e. The second-order valence-electron chi connectivity index (χ2n) is 4.66. The van der Waals surface area contributed by atoms with Gasteiger partial charge in [-0.2, -0.15) is 8.75 Å². The second-order valence-corrected chi connectivity index (χ2v) is 7.31. The van der Waals surface area contributed by atoms with Crippen molar-refractivity contribution in [2.45, 2.75) is 0 Å². The normalized spacial score (nSPS) is 10.6. The van der Waals surface area contributed by atoms with E-state index in [-0.39, 0.29) is 16.8 Å². The number of phenols is 1. The molecule has 0 unspecified atom stereocenters. The molecule has 3 rings (SSSR count). The van der Waals surface area contributed by atoms with Crippen LogP contribution in [0.25, 0.3) is 11.0 Å². The van der Waals surface area contributed by atoms with Crippen molar-refractivity contribution in [3.8, 4) is 5.75 Å².